The quantitative estimate of drug-likeness (QED) is 0.844. The fraction of sp³-hybridized carbons (Fsp3) is 0.643. The smallest absolute Gasteiger partial charge is 0.130 e. The van der Waals surface area contributed by atoms with Crippen molar-refractivity contribution < 1.29 is 0 Å². The third-order valence-electron chi connectivity index (χ3n) is 3.77. The van der Waals surface area contributed by atoms with Crippen molar-refractivity contribution in [1.29, 1.82) is 0 Å². The molecule has 0 bridgehead atoms. The zero-order chi connectivity index (χ0) is 12.3. The zero-order valence-electron chi connectivity index (χ0n) is 10.9. The summed E-state index contributed by atoms with van der Waals surface area (Å²) >= 11 is 0. The lowest BCUT2D eigenvalue weighted by Crippen LogP contribution is -2.31. The first-order valence-electron chi connectivity index (χ1n) is 6.64. The van der Waals surface area contributed by atoms with Gasteiger partial charge in [0.1, 0.15) is 5.82 Å². The molecule has 0 aromatic carbocycles. The van der Waals surface area contributed by atoms with Crippen molar-refractivity contribution >= 4 is 5.82 Å². The number of rotatable bonds is 3. The maximum absolute atomic E-state index is 5.76. The van der Waals surface area contributed by atoms with Gasteiger partial charge in [-0.3, -0.25) is 0 Å². The van der Waals surface area contributed by atoms with Gasteiger partial charge in [-0.2, -0.15) is 0 Å². The molecule has 3 nitrogen and oxygen atoms in total. The number of hydrogen-bond acceptors (Lipinski definition) is 3. The third kappa shape index (κ3) is 2.97. The van der Waals surface area contributed by atoms with Crippen LogP contribution >= 0.6 is 0 Å². The average Bonchev–Trinajstić information content (AvgIpc) is 2.32. The van der Waals surface area contributed by atoms with E-state index >= 15 is 0 Å². The Morgan fingerprint density at radius 3 is 2.82 bits per heavy atom. The standard InChI is InChI=1S/C14H23N3/c1-10-5-3-4-6-13(10)17-14-12(9-15)8-7-11(2)16-14/h7-8,10,13H,3-6,9,15H2,1-2H3,(H,16,17). The third-order valence-corrected chi connectivity index (χ3v) is 3.77. The Hall–Kier alpha value is -1.09. The summed E-state index contributed by atoms with van der Waals surface area (Å²) in [7, 11) is 0. The number of anilines is 1. The fourth-order valence-corrected chi connectivity index (χ4v) is 2.58. The van der Waals surface area contributed by atoms with Crippen molar-refractivity contribution in [2.75, 3.05) is 5.32 Å². The Morgan fingerprint density at radius 1 is 1.35 bits per heavy atom. The number of aryl methyl sites for hydroxylation is 1. The molecule has 2 unspecified atom stereocenters. The van der Waals surface area contributed by atoms with Crippen molar-refractivity contribution in [2.24, 2.45) is 11.7 Å². The van der Waals surface area contributed by atoms with Gasteiger partial charge in [-0.05, 0) is 31.7 Å². The van der Waals surface area contributed by atoms with Crippen LogP contribution < -0.4 is 11.1 Å². The monoisotopic (exact) mass is 233 g/mol. The van der Waals surface area contributed by atoms with Gasteiger partial charge >= 0.3 is 0 Å². The molecular weight excluding hydrogens is 210 g/mol. The lowest BCUT2D eigenvalue weighted by atomic mass is 9.86. The molecule has 1 fully saturated rings. The fourth-order valence-electron chi connectivity index (χ4n) is 2.58. The molecular formula is C14H23N3. The van der Waals surface area contributed by atoms with E-state index in [1.54, 1.807) is 0 Å². The molecule has 2 atom stereocenters. The number of nitrogens with two attached hydrogens (primary N) is 1. The van der Waals surface area contributed by atoms with Gasteiger partial charge < -0.3 is 11.1 Å². The minimum Gasteiger partial charge on any atom is -0.367 e. The largest absolute Gasteiger partial charge is 0.367 e. The van der Waals surface area contributed by atoms with Crippen molar-refractivity contribution in [2.45, 2.75) is 52.1 Å². The van der Waals surface area contributed by atoms with Gasteiger partial charge in [0.2, 0.25) is 0 Å². The van der Waals surface area contributed by atoms with Gasteiger partial charge in [-0.15, -0.1) is 0 Å². The maximum Gasteiger partial charge on any atom is 0.130 e. The van der Waals surface area contributed by atoms with E-state index in [9.17, 15) is 0 Å². The Labute approximate surface area is 104 Å². The summed E-state index contributed by atoms with van der Waals surface area (Å²) in [5, 5.41) is 3.60. The summed E-state index contributed by atoms with van der Waals surface area (Å²) in [6, 6.07) is 4.67. The normalized spacial score (nSPS) is 24.6. The van der Waals surface area contributed by atoms with Crippen molar-refractivity contribution in [3.8, 4) is 0 Å². The van der Waals surface area contributed by atoms with E-state index in [-0.39, 0.29) is 0 Å². The molecule has 1 aliphatic carbocycles. The molecule has 1 saturated carbocycles. The number of aromatic nitrogens is 1. The summed E-state index contributed by atoms with van der Waals surface area (Å²) in [5.74, 6) is 1.72. The molecule has 1 aliphatic rings. The van der Waals surface area contributed by atoms with Crippen LogP contribution in [0.5, 0.6) is 0 Å². The van der Waals surface area contributed by atoms with E-state index in [1.807, 2.05) is 13.0 Å². The predicted octanol–water partition coefficient (Wildman–Crippen LogP) is 2.84. The number of pyridine rings is 1. The molecule has 0 saturated heterocycles. The summed E-state index contributed by atoms with van der Waals surface area (Å²) in [4.78, 5) is 4.58. The van der Waals surface area contributed by atoms with Gasteiger partial charge in [0.25, 0.3) is 0 Å². The highest BCUT2D eigenvalue weighted by molar-refractivity contribution is 5.45. The van der Waals surface area contributed by atoms with E-state index in [0.29, 0.717) is 12.6 Å². The highest BCUT2D eigenvalue weighted by atomic mass is 15.0. The zero-order valence-corrected chi connectivity index (χ0v) is 10.9. The van der Waals surface area contributed by atoms with E-state index in [1.165, 1.54) is 25.7 Å². The number of hydrogen-bond donors (Lipinski definition) is 2. The first-order valence-corrected chi connectivity index (χ1v) is 6.64. The van der Waals surface area contributed by atoms with Crippen LogP contribution in [0.1, 0.15) is 43.9 Å². The molecule has 0 radical (unpaired) electrons. The second-order valence-corrected chi connectivity index (χ2v) is 5.18. The van der Waals surface area contributed by atoms with Crippen LogP contribution in [0.25, 0.3) is 0 Å². The van der Waals surface area contributed by atoms with Gasteiger partial charge in [0, 0.05) is 23.8 Å². The van der Waals surface area contributed by atoms with Gasteiger partial charge in [-0.1, -0.05) is 25.8 Å². The topological polar surface area (TPSA) is 50.9 Å². The van der Waals surface area contributed by atoms with Crippen molar-refractivity contribution in [1.82, 2.24) is 4.98 Å². The molecule has 94 valence electrons. The highest BCUT2D eigenvalue weighted by Crippen LogP contribution is 2.27. The van der Waals surface area contributed by atoms with Crippen LogP contribution in [0, 0.1) is 12.8 Å². The van der Waals surface area contributed by atoms with E-state index in [0.717, 1.165) is 23.0 Å². The second kappa shape index (κ2) is 5.50. The molecule has 3 N–H and O–H groups in total. The van der Waals surface area contributed by atoms with Crippen LogP contribution in [-0.4, -0.2) is 11.0 Å². The predicted molar refractivity (Wildman–Crippen MR) is 71.9 cm³/mol. The Morgan fingerprint density at radius 2 is 2.12 bits per heavy atom. The average molecular weight is 233 g/mol. The minimum atomic E-state index is 0.552. The summed E-state index contributed by atoms with van der Waals surface area (Å²) in [5.41, 5.74) is 7.93. The van der Waals surface area contributed by atoms with Gasteiger partial charge in [-0.25, -0.2) is 4.98 Å². The second-order valence-electron chi connectivity index (χ2n) is 5.18. The van der Waals surface area contributed by atoms with E-state index in [4.69, 9.17) is 5.73 Å². The van der Waals surface area contributed by atoms with Crippen molar-refractivity contribution in [3.63, 3.8) is 0 Å². The van der Waals surface area contributed by atoms with Gasteiger partial charge in [0.15, 0.2) is 0 Å². The van der Waals surface area contributed by atoms with E-state index < -0.39 is 0 Å². The first kappa shape index (κ1) is 12.4. The van der Waals surface area contributed by atoms with Crippen LogP contribution in [0.2, 0.25) is 0 Å². The number of nitrogens with zero attached hydrogens (tertiary/aromatic N) is 1. The highest BCUT2D eigenvalue weighted by Gasteiger charge is 2.22. The molecule has 2 rings (SSSR count). The molecule has 1 aromatic heterocycles. The van der Waals surface area contributed by atoms with Gasteiger partial charge in [0.05, 0.1) is 0 Å². The SMILES string of the molecule is Cc1ccc(CN)c(NC2CCCCC2C)n1. The molecule has 3 heteroatoms. The van der Waals surface area contributed by atoms with Crippen molar-refractivity contribution in [3.05, 3.63) is 23.4 Å². The Kier molecular flexibility index (Phi) is 4.00. The van der Waals surface area contributed by atoms with Crippen LogP contribution in [-0.2, 0) is 6.54 Å². The van der Waals surface area contributed by atoms with Crippen LogP contribution in [0.3, 0.4) is 0 Å². The lowest BCUT2D eigenvalue weighted by molar-refractivity contribution is 0.349. The molecule has 0 aliphatic heterocycles. The number of nitrogens with one attached hydrogen (secondary N) is 1. The molecule has 1 heterocycles. The molecule has 0 spiro atoms. The summed E-state index contributed by atoms with van der Waals surface area (Å²) in [6.07, 6.45) is 5.26. The summed E-state index contributed by atoms with van der Waals surface area (Å²) in [6.45, 7) is 4.90. The van der Waals surface area contributed by atoms with E-state index in [2.05, 4.69) is 23.3 Å². The minimum absolute atomic E-state index is 0.552. The summed E-state index contributed by atoms with van der Waals surface area (Å²) < 4.78 is 0. The Bertz CT molecular complexity index is 376. The molecule has 0 amide bonds. The van der Waals surface area contributed by atoms with Crippen LogP contribution in [0.4, 0.5) is 5.82 Å². The Balaban J connectivity index is 2.13. The maximum atomic E-state index is 5.76. The first-order chi connectivity index (χ1) is 8.20. The molecule has 1 aromatic rings. The van der Waals surface area contributed by atoms with Crippen LogP contribution in [0.15, 0.2) is 12.1 Å². The molecule has 17 heavy (non-hydrogen) atoms. The lowest BCUT2D eigenvalue weighted by Gasteiger charge is -2.30.